The van der Waals surface area contributed by atoms with Crippen molar-refractivity contribution in [2.75, 3.05) is 0 Å². The molecular formula is C13H14N2S. The Hall–Kier alpha value is -1.35. The lowest BCUT2D eigenvalue weighted by Crippen LogP contribution is -1.89. The first-order valence-corrected chi connectivity index (χ1v) is 6.16. The fourth-order valence-corrected chi connectivity index (χ4v) is 2.48. The van der Waals surface area contributed by atoms with Crippen LogP contribution in [0.15, 0.2) is 47.9 Å². The van der Waals surface area contributed by atoms with Crippen LogP contribution in [0.25, 0.3) is 11.1 Å². The second-order valence-electron chi connectivity index (χ2n) is 3.79. The first-order valence-electron chi connectivity index (χ1n) is 5.28. The van der Waals surface area contributed by atoms with Crippen LogP contribution in [-0.2, 0) is 0 Å². The minimum Gasteiger partial charge on any atom is -0.244 e. The third-order valence-electron chi connectivity index (χ3n) is 2.12. The summed E-state index contributed by atoms with van der Waals surface area (Å²) < 4.78 is 0. The molecule has 2 rings (SSSR count). The zero-order valence-electron chi connectivity index (χ0n) is 9.42. The van der Waals surface area contributed by atoms with Gasteiger partial charge in [-0.2, -0.15) is 0 Å². The Labute approximate surface area is 100 Å². The summed E-state index contributed by atoms with van der Waals surface area (Å²) in [5.74, 6) is 0. The predicted molar refractivity (Wildman–Crippen MR) is 68.5 cm³/mol. The molecule has 0 radical (unpaired) electrons. The monoisotopic (exact) mass is 230 g/mol. The molecule has 0 spiro atoms. The predicted octanol–water partition coefficient (Wildman–Crippen LogP) is 3.64. The molecule has 1 aromatic heterocycles. The van der Waals surface area contributed by atoms with Gasteiger partial charge >= 0.3 is 0 Å². The van der Waals surface area contributed by atoms with E-state index < -0.39 is 0 Å². The number of hydrogen-bond acceptors (Lipinski definition) is 3. The van der Waals surface area contributed by atoms with E-state index in [1.807, 2.05) is 30.2 Å². The van der Waals surface area contributed by atoms with Gasteiger partial charge in [0.2, 0.25) is 0 Å². The van der Waals surface area contributed by atoms with Crippen LogP contribution in [-0.4, -0.2) is 15.2 Å². The van der Waals surface area contributed by atoms with Crippen molar-refractivity contribution in [3.63, 3.8) is 0 Å². The van der Waals surface area contributed by atoms with Gasteiger partial charge in [-0.25, -0.2) is 9.97 Å². The third-order valence-corrected chi connectivity index (χ3v) is 3.20. The Balaban J connectivity index is 2.41. The number of benzene rings is 1. The van der Waals surface area contributed by atoms with Crippen LogP contribution in [0, 0.1) is 0 Å². The molecule has 0 aliphatic rings. The Morgan fingerprint density at radius 2 is 1.75 bits per heavy atom. The molecule has 0 amide bonds. The molecule has 0 bridgehead atoms. The summed E-state index contributed by atoms with van der Waals surface area (Å²) in [6.07, 6.45) is 5.27. The van der Waals surface area contributed by atoms with Crippen molar-refractivity contribution >= 4 is 11.8 Å². The maximum Gasteiger partial charge on any atom is 0.115 e. The van der Waals surface area contributed by atoms with E-state index in [1.54, 1.807) is 6.33 Å². The van der Waals surface area contributed by atoms with Gasteiger partial charge in [-0.15, -0.1) is 11.8 Å². The highest BCUT2D eigenvalue weighted by molar-refractivity contribution is 8.00. The van der Waals surface area contributed by atoms with Crippen molar-refractivity contribution in [1.29, 1.82) is 0 Å². The van der Waals surface area contributed by atoms with Crippen molar-refractivity contribution in [2.45, 2.75) is 24.0 Å². The highest BCUT2D eigenvalue weighted by Crippen LogP contribution is 2.32. The summed E-state index contributed by atoms with van der Waals surface area (Å²) >= 11 is 1.86. The lowest BCUT2D eigenvalue weighted by atomic mass is 10.1. The van der Waals surface area contributed by atoms with E-state index >= 15 is 0 Å². The van der Waals surface area contributed by atoms with E-state index in [0.29, 0.717) is 5.25 Å². The summed E-state index contributed by atoms with van der Waals surface area (Å²) in [6.45, 7) is 4.39. The largest absolute Gasteiger partial charge is 0.244 e. The molecule has 1 aromatic carbocycles. The molecule has 0 saturated carbocycles. The smallest absolute Gasteiger partial charge is 0.115 e. The van der Waals surface area contributed by atoms with Crippen LogP contribution < -0.4 is 0 Å². The zero-order valence-corrected chi connectivity index (χ0v) is 10.2. The Morgan fingerprint density at radius 3 is 2.44 bits per heavy atom. The molecule has 0 aliphatic carbocycles. The van der Waals surface area contributed by atoms with Gasteiger partial charge in [0.15, 0.2) is 0 Å². The Morgan fingerprint density at radius 1 is 1.06 bits per heavy atom. The van der Waals surface area contributed by atoms with Gasteiger partial charge in [0.05, 0.1) is 0 Å². The molecule has 1 heterocycles. The summed E-state index contributed by atoms with van der Waals surface area (Å²) in [6, 6.07) is 8.38. The summed E-state index contributed by atoms with van der Waals surface area (Å²) in [5, 5.41) is 0.575. The van der Waals surface area contributed by atoms with Crippen LogP contribution >= 0.6 is 11.8 Å². The van der Waals surface area contributed by atoms with Crippen LogP contribution in [0.4, 0.5) is 0 Å². The van der Waals surface area contributed by atoms with Gasteiger partial charge in [-0.1, -0.05) is 32.0 Å². The van der Waals surface area contributed by atoms with E-state index in [0.717, 1.165) is 5.56 Å². The van der Waals surface area contributed by atoms with Gasteiger partial charge in [0.1, 0.15) is 6.33 Å². The quantitative estimate of drug-likeness (QED) is 0.753. The van der Waals surface area contributed by atoms with Crippen molar-refractivity contribution < 1.29 is 0 Å². The van der Waals surface area contributed by atoms with Crippen LogP contribution in [0.3, 0.4) is 0 Å². The fraction of sp³-hybridized carbons (Fsp3) is 0.231. The second kappa shape index (κ2) is 5.12. The first-order chi connectivity index (χ1) is 7.77. The van der Waals surface area contributed by atoms with Crippen LogP contribution in [0.1, 0.15) is 13.8 Å². The topological polar surface area (TPSA) is 25.8 Å². The van der Waals surface area contributed by atoms with Gasteiger partial charge in [-0.05, 0) is 11.6 Å². The summed E-state index contributed by atoms with van der Waals surface area (Å²) in [5.41, 5.74) is 2.29. The molecule has 0 atom stereocenters. The highest BCUT2D eigenvalue weighted by Gasteiger charge is 2.06. The fourth-order valence-electron chi connectivity index (χ4n) is 1.50. The SMILES string of the molecule is CC(C)Sc1ccccc1-c1cncnc1. The minimum atomic E-state index is 0.575. The summed E-state index contributed by atoms with van der Waals surface area (Å²) in [4.78, 5) is 9.41. The maximum absolute atomic E-state index is 4.06. The molecule has 2 aromatic rings. The zero-order chi connectivity index (χ0) is 11.4. The van der Waals surface area contributed by atoms with Gasteiger partial charge in [0, 0.05) is 28.1 Å². The number of nitrogens with zero attached hydrogens (tertiary/aromatic N) is 2. The molecule has 0 N–H and O–H groups in total. The van der Waals surface area contributed by atoms with Crippen LogP contribution in [0.2, 0.25) is 0 Å². The molecule has 3 heteroatoms. The standard InChI is InChI=1S/C13H14N2S/c1-10(2)16-13-6-4-3-5-12(13)11-7-14-9-15-8-11/h3-10H,1-2H3. The van der Waals surface area contributed by atoms with E-state index in [2.05, 4.69) is 42.0 Å². The van der Waals surface area contributed by atoms with Gasteiger partial charge < -0.3 is 0 Å². The van der Waals surface area contributed by atoms with Gasteiger partial charge in [-0.3, -0.25) is 0 Å². The average molecular weight is 230 g/mol. The first kappa shape index (κ1) is 11.1. The summed E-state index contributed by atoms with van der Waals surface area (Å²) in [7, 11) is 0. The highest BCUT2D eigenvalue weighted by atomic mass is 32.2. The second-order valence-corrected chi connectivity index (χ2v) is 5.41. The number of aromatic nitrogens is 2. The molecule has 16 heavy (non-hydrogen) atoms. The van der Waals surface area contributed by atoms with Crippen molar-refractivity contribution in [2.24, 2.45) is 0 Å². The lowest BCUT2D eigenvalue weighted by molar-refractivity contribution is 1.11. The molecule has 2 nitrogen and oxygen atoms in total. The average Bonchev–Trinajstić information content (AvgIpc) is 2.30. The number of thioether (sulfide) groups is 1. The molecular weight excluding hydrogens is 216 g/mol. The normalized spacial score (nSPS) is 10.7. The van der Waals surface area contributed by atoms with Crippen molar-refractivity contribution in [1.82, 2.24) is 9.97 Å². The van der Waals surface area contributed by atoms with E-state index in [9.17, 15) is 0 Å². The van der Waals surface area contributed by atoms with Gasteiger partial charge in [0.25, 0.3) is 0 Å². The number of hydrogen-bond donors (Lipinski definition) is 0. The van der Waals surface area contributed by atoms with E-state index in [-0.39, 0.29) is 0 Å². The maximum atomic E-state index is 4.06. The van der Waals surface area contributed by atoms with E-state index in [1.165, 1.54) is 10.5 Å². The Kier molecular flexibility index (Phi) is 3.57. The molecule has 0 fully saturated rings. The minimum absolute atomic E-state index is 0.575. The van der Waals surface area contributed by atoms with Crippen molar-refractivity contribution in [3.05, 3.63) is 43.0 Å². The Bertz CT molecular complexity index is 454. The third kappa shape index (κ3) is 2.61. The molecule has 82 valence electrons. The van der Waals surface area contributed by atoms with E-state index in [4.69, 9.17) is 0 Å². The molecule has 0 unspecified atom stereocenters. The number of rotatable bonds is 3. The lowest BCUT2D eigenvalue weighted by Gasteiger charge is -2.10. The van der Waals surface area contributed by atoms with Crippen molar-refractivity contribution in [3.8, 4) is 11.1 Å². The molecule has 0 saturated heterocycles. The van der Waals surface area contributed by atoms with Crippen LogP contribution in [0.5, 0.6) is 0 Å². The molecule has 0 aliphatic heterocycles.